The molecule has 6 nitrogen and oxygen atoms in total. The zero-order chi connectivity index (χ0) is 13.6. The van der Waals surface area contributed by atoms with Gasteiger partial charge in [0.2, 0.25) is 0 Å². The van der Waals surface area contributed by atoms with E-state index in [4.69, 9.17) is 10.9 Å². The minimum Gasteiger partial charge on any atom is -0.409 e. The minimum atomic E-state index is -2.90. The Hall–Kier alpha value is -0.820. The average Bonchev–Trinajstić information content (AvgIpc) is 2.38. The zero-order valence-corrected chi connectivity index (χ0v) is 11.7. The Kier molecular flexibility index (Phi) is 5.87. The van der Waals surface area contributed by atoms with E-state index in [1.54, 1.807) is 6.92 Å². The van der Waals surface area contributed by atoms with E-state index in [0.717, 1.165) is 25.8 Å². The van der Waals surface area contributed by atoms with Crippen molar-refractivity contribution in [1.29, 1.82) is 0 Å². The molecule has 0 spiro atoms. The average molecular weight is 277 g/mol. The fourth-order valence-electron chi connectivity index (χ4n) is 2.29. The Morgan fingerprint density at radius 3 is 2.83 bits per heavy atom. The summed E-state index contributed by atoms with van der Waals surface area (Å²) >= 11 is 0. The largest absolute Gasteiger partial charge is 0.409 e. The summed E-state index contributed by atoms with van der Waals surface area (Å²) in [7, 11) is -2.90. The van der Waals surface area contributed by atoms with Gasteiger partial charge in [0, 0.05) is 5.75 Å². The molecule has 0 amide bonds. The molecule has 1 saturated heterocycles. The first-order valence-corrected chi connectivity index (χ1v) is 8.24. The van der Waals surface area contributed by atoms with Crippen molar-refractivity contribution in [1.82, 2.24) is 4.90 Å². The number of nitrogens with two attached hydrogens (primary N) is 1. The standard InChI is InChI=1S/C11H23N3O3S/c1-2-18(16,17)9-5-8-14-7-4-3-6-10(14)11(12)13-15/h10,15H,2-9H2,1H3,(H2,12,13). The van der Waals surface area contributed by atoms with Crippen LogP contribution in [0.15, 0.2) is 5.16 Å². The van der Waals surface area contributed by atoms with Crippen LogP contribution in [-0.4, -0.2) is 55.0 Å². The summed E-state index contributed by atoms with van der Waals surface area (Å²) in [4.78, 5) is 2.11. The molecule has 7 heteroatoms. The third-order valence-electron chi connectivity index (χ3n) is 3.41. The lowest BCUT2D eigenvalue weighted by Crippen LogP contribution is -2.48. The zero-order valence-electron chi connectivity index (χ0n) is 10.9. The molecule has 1 aliphatic rings. The van der Waals surface area contributed by atoms with E-state index in [9.17, 15) is 8.42 Å². The number of nitrogens with zero attached hydrogens (tertiary/aromatic N) is 2. The van der Waals surface area contributed by atoms with Gasteiger partial charge in [-0.1, -0.05) is 18.5 Å². The van der Waals surface area contributed by atoms with Gasteiger partial charge < -0.3 is 10.9 Å². The number of likely N-dealkylation sites (tertiary alicyclic amines) is 1. The van der Waals surface area contributed by atoms with Crippen LogP contribution in [0.1, 0.15) is 32.6 Å². The molecule has 3 N–H and O–H groups in total. The summed E-state index contributed by atoms with van der Waals surface area (Å²) in [5, 5.41) is 11.8. The van der Waals surface area contributed by atoms with Crippen molar-refractivity contribution in [2.75, 3.05) is 24.6 Å². The van der Waals surface area contributed by atoms with Crippen LogP contribution in [0.3, 0.4) is 0 Å². The Morgan fingerprint density at radius 1 is 1.50 bits per heavy atom. The molecule has 1 atom stereocenters. The van der Waals surface area contributed by atoms with Crippen molar-refractivity contribution >= 4 is 15.7 Å². The fourth-order valence-corrected chi connectivity index (χ4v) is 3.15. The van der Waals surface area contributed by atoms with E-state index in [1.807, 2.05) is 0 Å². The van der Waals surface area contributed by atoms with E-state index in [0.29, 0.717) is 13.0 Å². The van der Waals surface area contributed by atoms with E-state index < -0.39 is 9.84 Å². The monoisotopic (exact) mass is 277 g/mol. The molecule has 1 fully saturated rings. The van der Waals surface area contributed by atoms with Gasteiger partial charge in [0.25, 0.3) is 0 Å². The van der Waals surface area contributed by atoms with Gasteiger partial charge in [-0.3, -0.25) is 4.90 Å². The molecule has 0 aliphatic carbocycles. The van der Waals surface area contributed by atoms with Crippen LogP contribution in [0.5, 0.6) is 0 Å². The highest BCUT2D eigenvalue weighted by atomic mass is 32.2. The Morgan fingerprint density at radius 2 is 2.22 bits per heavy atom. The molecule has 0 saturated carbocycles. The molecule has 0 aromatic heterocycles. The first-order chi connectivity index (χ1) is 8.50. The molecule has 0 aromatic rings. The molecule has 1 unspecified atom stereocenters. The van der Waals surface area contributed by atoms with Gasteiger partial charge >= 0.3 is 0 Å². The van der Waals surface area contributed by atoms with E-state index >= 15 is 0 Å². The molecule has 1 heterocycles. The number of rotatable bonds is 6. The van der Waals surface area contributed by atoms with Gasteiger partial charge in [0.05, 0.1) is 11.8 Å². The maximum absolute atomic E-state index is 11.4. The molecule has 1 aliphatic heterocycles. The SMILES string of the molecule is CCS(=O)(=O)CCCN1CCCCC1C(N)=NO. The fraction of sp³-hybridized carbons (Fsp3) is 0.909. The first-order valence-electron chi connectivity index (χ1n) is 6.42. The summed E-state index contributed by atoms with van der Waals surface area (Å²) in [6, 6.07) is -0.0481. The van der Waals surface area contributed by atoms with Crippen molar-refractivity contribution in [3.8, 4) is 0 Å². The van der Waals surface area contributed by atoms with E-state index in [1.165, 1.54) is 0 Å². The number of piperidine rings is 1. The second-order valence-corrected chi connectivity index (χ2v) is 7.14. The molecular weight excluding hydrogens is 254 g/mol. The molecule has 106 valence electrons. The summed E-state index contributed by atoms with van der Waals surface area (Å²) in [6.07, 6.45) is 3.61. The Bertz CT molecular complexity index is 381. The van der Waals surface area contributed by atoms with E-state index in [-0.39, 0.29) is 23.4 Å². The van der Waals surface area contributed by atoms with Crippen LogP contribution in [-0.2, 0) is 9.84 Å². The van der Waals surface area contributed by atoms with Gasteiger partial charge in [-0.25, -0.2) is 8.42 Å². The van der Waals surface area contributed by atoms with Crippen LogP contribution >= 0.6 is 0 Å². The summed E-state index contributed by atoms with van der Waals surface area (Å²) in [5.74, 6) is 0.632. The molecule has 0 radical (unpaired) electrons. The molecule has 1 rings (SSSR count). The summed E-state index contributed by atoms with van der Waals surface area (Å²) in [5.41, 5.74) is 5.66. The van der Waals surface area contributed by atoms with Crippen molar-refractivity contribution in [3.63, 3.8) is 0 Å². The van der Waals surface area contributed by atoms with Crippen molar-refractivity contribution in [2.24, 2.45) is 10.9 Å². The number of oxime groups is 1. The van der Waals surface area contributed by atoms with Gasteiger partial charge in [-0.2, -0.15) is 0 Å². The third-order valence-corrected chi connectivity index (χ3v) is 5.20. The predicted octanol–water partition coefficient (Wildman–Crippen LogP) is 0.412. The summed E-state index contributed by atoms with van der Waals surface area (Å²) < 4.78 is 22.8. The molecular formula is C11H23N3O3S. The Labute approximate surface area is 109 Å². The van der Waals surface area contributed by atoms with Gasteiger partial charge in [0.15, 0.2) is 5.84 Å². The minimum absolute atomic E-state index is 0.0481. The lowest BCUT2D eigenvalue weighted by atomic mass is 10.0. The second kappa shape index (κ2) is 6.94. The number of sulfone groups is 1. The first kappa shape index (κ1) is 15.2. The quantitative estimate of drug-likeness (QED) is 0.317. The van der Waals surface area contributed by atoms with Crippen LogP contribution in [0, 0.1) is 0 Å². The topological polar surface area (TPSA) is 96.0 Å². The molecule has 18 heavy (non-hydrogen) atoms. The number of hydrogen-bond donors (Lipinski definition) is 2. The summed E-state index contributed by atoms with van der Waals surface area (Å²) in [6.45, 7) is 3.22. The highest BCUT2D eigenvalue weighted by Crippen LogP contribution is 2.17. The van der Waals surface area contributed by atoms with Crippen molar-refractivity contribution in [2.45, 2.75) is 38.6 Å². The maximum Gasteiger partial charge on any atom is 0.156 e. The van der Waals surface area contributed by atoms with Gasteiger partial charge in [-0.15, -0.1) is 0 Å². The number of hydrogen-bond acceptors (Lipinski definition) is 5. The van der Waals surface area contributed by atoms with Crippen molar-refractivity contribution < 1.29 is 13.6 Å². The third kappa shape index (κ3) is 4.45. The van der Waals surface area contributed by atoms with Gasteiger partial charge in [0.1, 0.15) is 9.84 Å². The predicted molar refractivity (Wildman–Crippen MR) is 71.6 cm³/mol. The smallest absolute Gasteiger partial charge is 0.156 e. The maximum atomic E-state index is 11.4. The lowest BCUT2D eigenvalue weighted by Gasteiger charge is -2.34. The van der Waals surface area contributed by atoms with Crippen LogP contribution in [0.2, 0.25) is 0 Å². The van der Waals surface area contributed by atoms with Crippen molar-refractivity contribution in [3.05, 3.63) is 0 Å². The second-order valence-electron chi connectivity index (χ2n) is 4.66. The molecule has 0 aromatic carbocycles. The lowest BCUT2D eigenvalue weighted by molar-refractivity contribution is 0.187. The highest BCUT2D eigenvalue weighted by Gasteiger charge is 2.25. The normalized spacial score (nSPS) is 23.2. The van der Waals surface area contributed by atoms with Crippen LogP contribution < -0.4 is 5.73 Å². The highest BCUT2D eigenvalue weighted by molar-refractivity contribution is 7.91. The van der Waals surface area contributed by atoms with E-state index in [2.05, 4.69) is 10.1 Å². The number of amidine groups is 1. The van der Waals surface area contributed by atoms with Crippen LogP contribution in [0.25, 0.3) is 0 Å². The van der Waals surface area contributed by atoms with Crippen LogP contribution in [0.4, 0.5) is 0 Å². The Balaban J connectivity index is 2.48. The molecule has 0 bridgehead atoms. The van der Waals surface area contributed by atoms with Gasteiger partial charge in [-0.05, 0) is 32.4 Å².